The van der Waals surface area contributed by atoms with Crippen molar-refractivity contribution < 1.29 is 0 Å². The van der Waals surface area contributed by atoms with Gasteiger partial charge in [0.25, 0.3) is 0 Å². The van der Waals surface area contributed by atoms with E-state index in [0.29, 0.717) is 6.04 Å². The lowest BCUT2D eigenvalue weighted by molar-refractivity contribution is 0.645. The Morgan fingerprint density at radius 1 is 1.33 bits per heavy atom. The third kappa shape index (κ3) is 2.53. The molecule has 0 amide bonds. The monoisotopic (exact) mass is 332 g/mol. The number of hydrogen-bond acceptors (Lipinski definition) is 2. The summed E-state index contributed by atoms with van der Waals surface area (Å²) in [6.45, 7) is 0. The van der Waals surface area contributed by atoms with E-state index in [1.165, 1.54) is 25.7 Å². The Morgan fingerprint density at radius 2 is 2.00 bits per heavy atom. The molecule has 4 heteroatoms. The van der Waals surface area contributed by atoms with Crippen LogP contribution in [-0.4, -0.2) is 18.1 Å². The lowest BCUT2D eigenvalue weighted by Crippen LogP contribution is -2.29. The van der Waals surface area contributed by atoms with E-state index in [1.54, 1.807) is 0 Å². The maximum absolute atomic E-state index is 4.45. The molecule has 1 aliphatic carbocycles. The highest BCUT2D eigenvalue weighted by atomic mass is 79.9. The first-order chi connectivity index (χ1) is 7.18. The third-order valence-electron chi connectivity index (χ3n) is 2.99. The zero-order valence-electron chi connectivity index (χ0n) is 8.71. The molecule has 0 radical (unpaired) electrons. The number of hydrogen-bond donors (Lipinski definition) is 0. The van der Waals surface area contributed by atoms with Crippen molar-refractivity contribution in [1.29, 1.82) is 0 Å². The largest absolute Gasteiger partial charge is 0.356 e. The fraction of sp³-hybridized carbons (Fsp3) is 0.545. The molecule has 1 aromatic heterocycles. The molecule has 0 spiro atoms. The van der Waals surface area contributed by atoms with Crippen LogP contribution in [0.15, 0.2) is 21.2 Å². The Morgan fingerprint density at radius 3 is 2.60 bits per heavy atom. The number of rotatable bonds is 2. The summed E-state index contributed by atoms with van der Waals surface area (Å²) in [5.74, 6) is 1.05. The summed E-state index contributed by atoms with van der Waals surface area (Å²) in [4.78, 5) is 6.75. The second-order valence-electron chi connectivity index (χ2n) is 4.01. The van der Waals surface area contributed by atoms with Gasteiger partial charge in [-0.05, 0) is 50.8 Å². The minimum Gasteiger partial charge on any atom is -0.356 e. The average Bonchev–Trinajstić information content (AvgIpc) is 2.69. The maximum Gasteiger partial charge on any atom is 0.142 e. The highest BCUT2D eigenvalue weighted by molar-refractivity contribution is 9.11. The van der Waals surface area contributed by atoms with Gasteiger partial charge in [0.05, 0.1) is 4.47 Å². The van der Waals surface area contributed by atoms with Gasteiger partial charge >= 0.3 is 0 Å². The minimum atomic E-state index is 0.662. The van der Waals surface area contributed by atoms with Crippen LogP contribution in [0, 0.1) is 0 Å². The molecule has 0 saturated heterocycles. The lowest BCUT2D eigenvalue weighted by atomic mass is 10.2. The third-order valence-corrected chi connectivity index (χ3v) is 4.01. The molecule has 1 aliphatic rings. The molecule has 15 heavy (non-hydrogen) atoms. The molecule has 0 aromatic carbocycles. The van der Waals surface area contributed by atoms with Gasteiger partial charge in [0.2, 0.25) is 0 Å². The zero-order chi connectivity index (χ0) is 10.8. The van der Waals surface area contributed by atoms with Crippen molar-refractivity contribution in [3.63, 3.8) is 0 Å². The van der Waals surface area contributed by atoms with Gasteiger partial charge in [-0.25, -0.2) is 4.98 Å². The molecule has 0 N–H and O–H groups in total. The van der Waals surface area contributed by atoms with Crippen LogP contribution < -0.4 is 4.90 Å². The van der Waals surface area contributed by atoms with Gasteiger partial charge in [-0.1, -0.05) is 12.8 Å². The van der Waals surface area contributed by atoms with Crippen LogP contribution in [0.2, 0.25) is 0 Å². The molecular formula is C11H14Br2N2. The normalized spacial score (nSPS) is 17.0. The standard InChI is InChI=1S/C11H14Br2N2/c1-15(9-4-2-3-5-9)11-10(13)6-8(12)7-14-11/h6-7,9H,2-5H2,1H3. The average molecular weight is 334 g/mol. The highest BCUT2D eigenvalue weighted by Gasteiger charge is 2.21. The topological polar surface area (TPSA) is 16.1 Å². The van der Waals surface area contributed by atoms with Gasteiger partial charge in [0.15, 0.2) is 0 Å². The van der Waals surface area contributed by atoms with Crippen LogP contribution in [0.5, 0.6) is 0 Å². The van der Waals surface area contributed by atoms with Crippen molar-refractivity contribution in [2.75, 3.05) is 11.9 Å². The van der Waals surface area contributed by atoms with E-state index in [1.807, 2.05) is 12.3 Å². The predicted molar refractivity (Wildman–Crippen MR) is 70.3 cm³/mol. The minimum absolute atomic E-state index is 0.662. The van der Waals surface area contributed by atoms with E-state index in [4.69, 9.17) is 0 Å². The van der Waals surface area contributed by atoms with Crippen molar-refractivity contribution in [3.8, 4) is 0 Å². The van der Waals surface area contributed by atoms with E-state index in [2.05, 4.69) is 48.8 Å². The predicted octanol–water partition coefficient (Wildman–Crippen LogP) is 3.99. The summed E-state index contributed by atoms with van der Waals surface area (Å²) in [6, 6.07) is 2.71. The van der Waals surface area contributed by atoms with Crippen LogP contribution in [0.4, 0.5) is 5.82 Å². The van der Waals surface area contributed by atoms with Gasteiger partial charge in [0.1, 0.15) is 5.82 Å². The van der Waals surface area contributed by atoms with Crippen LogP contribution in [0.25, 0.3) is 0 Å². The molecule has 0 bridgehead atoms. The molecule has 1 saturated carbocycles. The first-order valence-electron chi connectivity index (χ1n) is 5.22. The Hall–Kier alpha value is -0.0900. The quantitative estimate of drug-likeness (QED) is 0.813. The van der Waals surface area contributed by atoms with Gasteiger partial charge in [-0.15, -0.1) is 0 Å². The molecule has 0 aliphatic heterocycles. The van der Waals surface area contributed by atoms with Crippen molar-refractivity contribution in [2.45, 2.75) is 31.7 Å². The summed E-state index contributed by atoms with van der Waals surface area (Å²) in [7, 11) is 2.14. The highest BCUT2D eigenvalue weighted by Crippen LogP contribution is 2.31. The number of nitrogens with zero attached hydrogens (tertiary/aromatic N) is 2. The SMILES string of the molecule is CN(c1ncc(Br)cc1Br)C1CCCC1. The Labute approximate surface area is 107 Å². The molecule has 2 rings (SSSR count). The smallest absolute Gasteiger partial charge is 0.142 e. The van der Waals surface area contributed by atoms with Gasteiger partial charge in [0, 0.05) is 23.8 Å². The Bertz CT molecular complexity index is 348. The number of halogens is 2. The molecule has 1 heterocycles. The second kappa shape index (κ2) is 4.83. The summed E-state index contributed by atoms with van der Waals surface area (Å²) in [6.07, 6.45) is 7.14. The van der Waals surface area contributed by atoms with Gasteiger partial charge < -0.3 is 4.90 Å². The lowest BCUT2D eigenvalue weighted by Gasteiger charge is -2.26. The summed E-state index contributed by atoms with van der Waals surface area (Å²) >= 11 is 6.98. The van der Waals surface area contributed by atoms with Crippen molar-refractivity contribution in [3.05, 3.63) is 21.2 Å². The first-order valence-corrected chi connectivity index (χ1v) is 6.81. The molecule has 1 fully saturated rings. The maximum atomic E-state index is 4.45. The van der Waals surface area contributed by atoms with E-state index >= 15 is 0 Å². The van der Waals surface area contributed by atoms with Crippen LogP contribution in [0.3, 0.4) is 0 Å². The Kier molecular flexibility index (Phi) is 3.67. The van der Waals surface area contributed by atoms with E-state index < -0.39 is 0 Å². The first kappa shape index (κ1) is 11.4. The fourth-order valence-corrected chi connectivity index (χ4v) is 3.40. The molecule has 0 atom stereocenters. The number of pyridine rings is 1. The van der Waals surface area contributed by atoms with Gasteiger partial charge in [-0.2, -0.15) is 0 Å². The molecule has 82 valence electrons. The zero-order valence-corrected chi connectivity index (χ0v) is 11.9. The van der Waals surface area contributed by atoms with E-state index in [0.717, 1.165) is 14.8 Å². The summed E-state index contributed by atoms with van der Waals surface area (Å²) < 4.78 is 2.07. The van der Waals surface area contributed by atoms with Crippen molar-refractivity contribution in [1.82, 2.24) is 4.98 Å². The second-order valence-corrected chi connectivity index (χ2v) is 5.78. The van der Waals surface area contributed by atoms with Crippen molar-refractivity contribution >= 4 is 37.7 Å². The van der Waals surface area contributed by atoms with Crippen LogP contribution >= 0.6 is 31.9 Å². The van der Waals surface area contributed by atoms with Crippen LogP contribution in [-0.2, 0) is 0 Å². The van der Waals surface area contributed by atoms with Crippen molar-refractivity contribution in [2.24, 2.45) is 0 Å². The fourth-order valence-electron chi connectivity index (χ4n) is 2.13. The van der Waals surface area contributed by atoms with E-state index in [-0.39, 0.29) is 0 Å². The Balaban J connectivity index is 2.20. The van der Waals surface area contributed by atoms with Gasteiger partial charge in [-0.3, -0.25) is 0 Å². The molecule has 0 unspecified atom stereocenters. The summed E-state index contributed by atoms with van der Waals surface area (Å²) in [5.41, 5.74) is 0. The summed E-state index contributed by atoms with van der Waals surface area (Å²) in [5, 5.41) is 0. The van der Waals surface area contributed by atoms with Crippen LogP contribution in [0.1, 0.15) is 25.7 Å². The van der Waals surface area contributed by atoms with E-state index in [9.17, 15) is 0 Å². The molecule has 1 aromatic rings. The molecular weight excluding hydrogens is 320 g/mol. The molecule has 2 nitrogen and oxygen atoms in total. The number of anilines is 1. The number of aromatic nitrogens is 1.